The lowest BCUT2D eigenvalue weighted by Gasteiger charge is -2.19. The summed E-state index contributed by atoms with van der Waals surface area (Å²) in [5.41, 5.74) is 3.35. The van der Waals surface area contributed by atoms with E-state index in [-0.39, 0.29) is 23.7 Å². The fourth-order valence-corrected chi connectivity index (χ4v) is 4.11. The van der Waals surface area contributed by atoms with Gasteiger partial charge in [-0.25, -0.2) is 4.98 Å². The van der Waals surface area contributed by atoms with Crippen molar-refractivity contribution >= 4 is 34.5 Å². The van der Waals surface area contributed by atoms with Gasteiger partial charge in [-0.05, 0) is 53.6 Å². The number of hydrogen-bond acceptors (Lipinski definition) is 5. The van der Waals surface area contributed by atoms with Crippen LogP contribution in [0.25, 0.3) is 10.8 Å². The van der Waals surface area contributed by atoms with Gasteiger partial charge in [0.25, 0.3) is 5.91 Å². The van der Waals surface area contributed by atoms with E-state index in [1.807, 2.05) is 47.8 Å². The minimum absolute atomic E-state index is 0.0125. The van der Waals surface area contributed by atoms with Gasteiger partial charge in [-0.15, -0.1) is 11.3 Å². The van der Waals surface area contributed by atoms with Crippen LogP contribution >= 0.6 is 11.3 Å². The Labute approximate surface area is 203 Å². The molecule has 174 valence electrons. The molecule has 2 amide bonds. The molecule has 0 aliphatic rings. The number of nitrogens with one attached hydrogen (secondary N) is 2. The molecule has 7 heteroatoms. The van der Waals surface area contributed by atoms with Crippen LogP contribution in [0.4, 0.5) is 11.4 Å². The van der Waals surface area contributed by atoms with E-state index >= 15 is 0 Å². The highest BCUT2D eigenvalue weighted by Crippen LogP contribution is 2.27. The third kappa shape index (κ3) is 5.43. The summed E-state index contributed by atoms with van der Waals surface area (Å²) in [6, 6.07) is 18.5. The molecule has 0 unspecified atom stereocenters. The summed E-state index contributed by atoms with van der Waals surface area (Å²) in [6.45, 7) is 8.19. The van der Waals surface area contributed by atoms with Gasteiger partial charge in [-0.3, -0.25) is 9.59 Å². The number of benzene rings is 2. The van der Waals surface area contributed by atoms with Crippen molar-refractivity contribution in [2.45, 2.75) is 39.5 Å². The number of hydrogen-bond donors (Lipinski definition) is 2. The van der Waals surface area contributed by atoms with Crippen molar-refractivity contribution in [3.8, 4) is 10.8 Å². The zero-order chi connectivity index (χ0) is 24.3. The number of para-hydroxylation sites is 2. The number of thiophene rings is 1. The minimum Gasteiger partial charge on any atom is -0.440 e. The van der Waals surface area contributed by atoms with Crippen LogP contribution in [-0.4, -0.2) is 16.8 Å². The van der Waals surface area contributed by atoms with Gasteiger partial charge in [0.2, 0.25) is 11.8 Å². The van der Waals surface area contributed by atoms with Gasteiger partial charge in [0.15, 0.2) is 0 Å². The van der Waals surface area contributed by atoms with Crippen molar-refractivity contribution in [1.82, 2.24) is 4.98 Å². The highest BCUT2D eigenvalue weighted by molar-refractivity contribution is 7.13. The summed E-state index contributed by atoms with van der Waals surface area (Å²) < 4.78 is 5.73. The lowest BCUT2D eigenvalue weighted by molar-refractivity contribution is -0.115. The maximum absolute atomic E-state index is 12.8. The van der Waals surface area contributed by atoms with E-state index in [1.54, 1.807) is 25.1 Å². The molecule has 2 N–H and O–H groups in total. The second-order valence-electron chi connectivity index (χ2n) is 9.05. The number of aromatic nitrogens is 1. The topological polar surface area (TPSA) is 84.2 Å². The first-order chi connectivity index (χ1) is 16.2. The Morgan fingerprint density at radius 1 is 0.941 bits per heavy atom. The summed E-state index contributed by atoms with van der Waals surface area (Å²) in [4.78, 5) is 31.0. The van der Waals surface area contributed by atoms with Crippen molar-refractivity contribution in [2.75, 3.05) is 10.6 Å². The van der Waals surface area contributed by atoms with E-state index in [2.05, 4.69) is 36.4 Å². The zero-order valence-electron chi connectivity index (χ0n) is 19.6. The maximum Gasteiger partial charge on any atom is 0.255 e. The molecule has 34 heavy (non-hydrogen) atoms. The Morgan fingerprint density at radius 2 is 1.62 bits per heavy atom. The average Bonchev–Trinajstić information content (AvgIpc) is 3.45. The molecule has 0 atom stereocenters. The molecule has 0 saturated carbocycles. The van der Waals surface area contributed by atoms with Gasteiger partial charge in [0, 0.05) is 5.56 Å². The number of carbonyl (C=O) groups is 2. The van der Waals surface area contributed by atoms with Crippen LogP contribution in [0.1, 0.15) is 48.1 Å². The number of amides is 2. The molecule has 0 spiro atoms. The number of anilines is 2. The molecule has 0 aliphatic heterocycles. The van der Waals surface area contributed by atoms with Crippen LogP contribution in [0.2, 0.25) is 0 Å². The summed E-state index contributed by atoms with van der Waals surface area (Å²) in [5, 5.41) is 7.74. The second kappa shape index (κ2) is 9.65. The first kappa shape index (κ1) is 23.4. The number of aryl methyl sites for hydroxylation is 1. The van der Waals surface area contributed by atoms with Crippen LogP contribution in [0.5, 0.6) is 0 Å². The summed E-state index contributed by atoms with van der Waals surface area (Å²) in [7, 11) is 0. The standard InChI is InChI=1S/C27H27N3O3S/c1-17-22(30-26(33-17)23-10-7-15-34-23)16-24(31)28-20-8-5-6-9-21(20)29-25(32)18-11-13-19(14-12-18)27(2,3)4/h5-15H,16H2,1-4H3,(H,28,31)(H,29,32). The van der Waals surface area contributed by atoms with Crippen LogP contribution in [0.15, 0.2) is 70.5 Å². The van der Waals surface area contributed by atoms with Gasteiger partial charge in [-0.2, -0.15) is 0 Å². The normalized spacial score (nSPS) is 11.3. The van der Waals surface area contributed by atoms with E-state index in [0.717, 1.165) is 10.4 Å². The van der Waals surface area contributed by atoms with Crippen molar-refractivity contribution in [1.29, 1.82) is 0 Å². The Bertz CT molecular complexity index is 1300. The van der Waals surface area contributed by atoms with Crippen molar-refractivity contribution in [3.63, 3.8) is 0 Å². The fraction of sp³-hybridized carbons (Fsp3) is 0.222. The lowest BCUT2D eigenvalue weighted by Crippen LogP contribution is -2.18. The summed E-state index contributed by atoms with van der Waals surface area (Å²) >= 11 is 1.53. The molecule has 2 heterocycles. The molecule has 2 aromatic heterocycles. The molecular formula is C27H27N3O3S. The quantitative estimate of drug-likeness (QED) is 0.337. The third-order valence-electron chi connectivity index (χ3n) is 5.42. The number of carbonyl (C=O) groups excluding carboxylic acids is 2. The van der Waals surface area contributed by atoms with Crippen molar-refractivity contribution in [2.24, 2.45) is 0 Å². The average molecular weight is 474 g/mol. The minimum atomic E-state index is -0.245. The molecule has 4 rings (SSSR count). The Morgan fingerprint density at radius 3 is 2.24 bits per heavy atom. The van der Waals surface area contributed by atoms with E-state index < -0.39 is 0 Å². The van der Waals surface area contributed by atoms with Crippen LogP contribution in [0.3, 0.4) is 0 Å². The van der Waals surface area contributed by atoms with Crippen molar-refractivity contribution < 1.29 is 14.0 Å². The van der Waals surface area contributed by atoms with E-state index in [9.17, 15) is 9.59 Å². The third-order valence-corrected chi connectivity index (χ3v) is 6.27. The van der Waals surface area contributed by atoms with E-state index in [1.165, 1.54) is 11.3 Å². The number of oxazole rings is 1. The molecule has 0 fully saturated rings. The summed E-state index contributed by atoms with van der Waals surface area (Å²) in [5.74, 6) is 0.639. The Hall–Kier alpha value is -3.71. The first-order valence-corrected chi connectivity index (χ1v) is 11.9. The van der Waals surface area contributed by atoms with Gasteiger partial charge < -0.3 is 15.1 Å². The van der Waals surface area contributed by atoms with Crippen LogP contribution < -0.4 is 10.6 Å². The highest BCUT2D eigenvalue weighted by Gasteiger charge is 2.18. The van der Waals surface area contributed by atoms with Crippen LogP contribution in [0, 0.1) is 6.92 Å². The molecular weight excluding hydrogens is 446 g/mol. The van der Waals surface area contributed by atoms with Gasteiger partial charge in [0.05, 0.1) is 28.4 Å². The molecule has 0 bridgehead atoms. The largest absolute Gasteiger partial charge is 0.440 e. The Kier molecular flexibility index (Phi) is 6.65. The first-order valence-electron chi connectivity index (χ1n) is 11.0. The molecule has 0 radical (unpaired) electrons. The molecule has 0 aliphatic carbocycles. The fourth-order valence-electron chi connectivity index (χ4n) is 3.46. The Balaban J connectivity index is 1.44. The number of nitrogens with zero attached hydrogens (tertiary/aromatic N) is 1. The van der Waals surface area contributed by atoms with Crippen molar-refractivity contribution in [3.05, 3.63) is 88.6 Å². The molecule has 0 saturated heterocycles. The number of rotatable bonds is 6. The smallest absolute Gasteiger partial charge is 0.255 e. The summed E-state index contributed by atoms with van der Waals surface area (Å²) in [6.07, 6.45) is 0.0667. The predicted molar refractivity (Wildman–Crippen MR) is 136 cm³/mol. The highest BCUT2D eigenvalue weighted by atomic mass is 32.1. The molecule has 2 aromatic carbocycles. The molecule has 4 aromatic rings. The molecule has 6 nitrogen and oxygen atoms in total. The van der Waals surface area contributed by atoms with E-state index in [4.69, 9.17) is 4.42 Å². The lowest BCUT2D eigenvalue weighted by atomic mass is 9.87. The van der Waals surface area contributed by atoms with E-state index in [0.29, 0.717) is 34.3 Å². The maximum atomic E-state index is 12.8. The zero-order valence-corrected chi connectivity index (χ0v) is 20.5. The SMILES string of the molecule is Cc1oc(-c2cccs2)nc1CC(=O)Nc1ccccc1NC(=O)c1ccc(C(C)(C)C)cc1. The van der Waals surface area contributed by atoms with Gasteiger partial charge >= 0.3 is 0 Å². The second-order valence-corrected chi connectivity index (χ2v) is 10.00. The van der Waals surface area contributed by atoms with Crippen LogP contribution in [-0.2, 0) is 16.6 Å². The van der Waals surface area contributed by atoms with Gasteiger partial charge in [-0.1, -0.05) is 51.1 Å². The monoisotopic (exact) mass is 473 g/mol. The van der Waals surface area contributed by atoms with Gasteiger partial charge in [0.1, 0.15) is 5.76 Å². The predicted octanol–water partition coefficient (Wildman–Crippen LogP) is 6.44.